The number of aryl methyl sites for hydroxylation is 1. The number of nitrogens with zero attached hydrogens (tertiary/aromatic N) is 3. The zero-order valence-corrected chi connectivity index (χ0v) is 9.64. The Kier molecular flexibility index (Phi) is 3.13. The highest BCUT2D eigenvalue weighted by Crippen LogP contribution is 2.13. The Morgan fingerprint density at radius 3 is 2.60 bits per heavy atom. The standard InChI is InChI=1S/C9H9ClN4S/c1-6-11-4-8(15-6)5-14-9-12-2-7(10)3-13-9/h2-4H,5H2,1H3,(H,12,13,14). The lowest BCUT2D eigenvalue weighted by molar-refractivity contribution is 1.07. The van der Waals surface area contributed by atoms with Crippen molar-refractivity contribution < 1.29 is 0 Å². The van der Waals surface area contributed by atoms with E-state index in [1.807, 2.05) is 13.1 Å². The molecule has 0 unspecified atom stereocenters. The molecule has 0 saturated carbocycles. The molecule has 15 heavy (non-hydrogen) atoms. The summed E-state index contributed by atoms with van der Waals surface area (Å²) in [6.45, 7) is 2.67. The molecule has 0 saturated heterocycles. The Bertz CT molecular complexity index is 440. The van der Waals surface area contributed by atoms with Gasteiger partial charge in [-0.05, 0) is 6.92 Å². The van der Waals surface area contributed by atoms with Crippen LogP contribution < -0.4 is 5.32 Å². The van der Waals surface area contributed by atoms with Crippen LogP contribution in [0.4, 0.5) is 5.95 Å². The lowest BCUT2D eigenvalue weighted by Crippen LogP contribution is -2.01. The van der Waals surface area contributed by atoms with Gasteiger partial charge in [-0.1, -0.05) is 11.6 Å². The van der Waals surface area contributed by atoms with Gasteiger partial charge in [0.25, 0.3) is 0 Å². The molecule has 2 aromatic heterocycles. The average Bonchev–Trinajstić information content (AvgIpc) is 2.64. The molecule has 1 N–H and O–H groups in total. The molecule has 0 bridgehead atoms. The van der Waals surface area contributed by atoms with Gasteiger partial charge in [-0.15, -0.1) is 11.3 Å². The van der Waals surface area contributed by atoms with Crippen LogP contribution in [0.2, 0.25) is 5.02 Å². The quantitative estimate of drug-likeness (QED) is 0.896. The van der Waals surface area contributed by atoms with E-state index in [4.69, 9.17) is 11.6 Å². The maximum atomic E-state index is 5.67. The summed E-state index contributed by atoms with van der Waals surface area (Å²) in [4.78, 5) is 13.4. The minimum Gasteiger partial charge on any atom is -0.349 e. The molecule has 0 radical (unpaired) electrons. The van der Waals surface area contributed by atoms with Crippen molar-refractivity contribution in [3.8, 4) is 0 Å². The van der Waals surface area contributed by atoms with Crippen molar-refractivity contribution in [3.63, 3.8) is 0 Å². The van der Waals surface area contributed by atoms with E-state index in [1.54, 1.807) is 23.7 Å². The summed E-state index contributed by atoms with van der Waals surface area (Å²) >= 11 is 7.33. The largest absolute Gasteiger partial charge is 0.349 e. The smallest absolute Gasteiger partial charge is 0.222 e. The zero-order chi connectivity index (χ0) is 10.7. The molecule has 2 rings (SSSR count). The Hall–Kier alpha value is -1.20. The Balaban J connectivity index is 1.96. The highest BCUT2D eigenvalue weighted by Gasteiger charge is 1.99. The van der Waals surface area contributed by atoms with E-state index in [2.05, 4.69) is 20.3 Å². The third-order valence-corrected chi connectivity index (χ3v) is 2.82. The van der Waals surface area contributed by atoms with Gasteiger partial charge >= 0.3 is 0 Å². The van der Waals surface area contributed by atoms with Crippen molar-refractivity contribution in [2.75, 3.05) is 5.32 Å². The number of aromatic nitrogens is 3. The van der Waals surface area contributed by atoms with Gasteiger partial charge < -0.3 is 5.32 Å². The highest BCUT2D eigenvalue weighted by molar-refractivity contribution is 7.11. The topological polar surface area (TPSA) is 50.7 Å². The molecule has 0 aliphatic rings. The summed E-state index contributed by atoms with van der Waals surface area (Å²) in [5.41, 5.74) is 0. The van der Waals surface area contributed by atoms with Crippen molar-refractivity contribution in [2.24, 2.45) is 0 Å². The fraction of sp³-hybridized carbons (Fsp3) is 0.222. The van der Waals surface area contributed by atoms with Crippen molar-refractivity contribution in [3.05, 3.63) is 33.5 Å². The summed E-state index contributed by atoms with van der Waals surface area (Å²) in [6, 6.07) is 0. The van der Waals surface area contributed by atoms with E-state index < -0.39 is 0 Å². The number of rotatable bonds is 3. The monoisotopic (exact) mass is 240 g/mol. The van der Waals surface area contributed by atoms with Crippen LogP contribution in [0.25, 0.3) is 0 Å². The van der Waals surface area contributed by atoms with Crippen LogP contribution in [-0.2, 0) is 6.54 Å². The second kappa shape index (κ2) is 4.55. The zero-order valence-electron chi connectivity index (χ0n) is 8.07. The van der Waals surface area contributed by atoms with Crippen molar-refractivity contribution in [1.82, 2.24) is 15.0 Å². The molecule has 0 spiro atoms. The van der Waals surface area contributed by atoms with Crippen LogP contribution in [0.5, 0.6) is 0 Å². The summed E-state index contributed by atoms with van der Waals surface area (Å²) in [5, 5.41) is 4.69. The fourth-order valence-corrected chi connectivity index (χ4v) is 1.89. The predicted octanol–water partition coefficient (Wildman–Crippen LogP) is 2.51. The minimum atomic E-state index is 0.536. The number of thiazole rings is 1. The molecule has 4 nitrogen and oxygen atoms in total. The molecule has 0 aromatic carbocycles. The normalized spacial score (nSPS) is 10.3. The van der Waals surface area contributed by atoms with Crippen LogP contribution in [0.15, 0.2) is 18.6 Å². The van der Waals surface area contributed by atoms with Gasteiger partial charge in [0, 0.05) is 11.1 Å². The van der Waals surface area contributed by atoms with Crippen LogP contribution >= 0.6 is 22.9 Å². The molecule has 2 aromatic rings. The molecule has 0 aliphatic carbocycles. The predicted molar refractivity (Wildman–Crippen MR) is 61.2 cm³/mol. The molecule has 2 heterocycles. The van der Waals surface area contributed by atoms with E-state index in [-0.39, 0.29) is 0 Å². The lowest BCUT2D eigenvalue weighted by atomic mass is 10.5. The van der Waals surface area contributed by atoms with Gasteiger partial charge in [-0.25, -0.2) is 15.0 Å². The number of halogens is 1. The summed E-state index contributed by atoms with van der Waals surface area (Å²) in [6.07, 6.45) is 4.98. The lowest BCUT2D eigenvalue weighted by Gasteiger charge is -2.01. The summed E-state index contributed by atoms with van der Waals surface area (Å²) in [7, 11) is 0. The van der Waals surface area contributed by atoms with Gasteiger partial charge in [0.1, 0.15) is 0 Å². The van der Waals surface area contributed by atoms with Gasteiger partial charge in [0.05, 0.1) is 29.0 Å². The molecular formula is C9H9ClN4S. The number of hydrogen-bond donors (Lipinski definition) is 1. The maximum absolute atomic E-state index is 5.67. The molecular weight excluding hydrogens is 232 g/mol. The Morgan fingerprint density at radius 2 is 2.00 bits per heavy atom. The molecule has 78 valence electrons. The van der Waals surface area contributed by atoms with Gasteiger partial charge in [0.2, 0.25) is 5.95 Å². The first-order valence-electron chi connectivity index (χ1n) is 4.37. The van der Waals surface area contributed by atoms with E-state index in [1.165, 1.54) is 0 Å². The fourth-order valence-electron chi connectivity index (χ4n) is 1.06. The van der Waals surface area contributed by atoms with Crippen LogP contribution in [0.1, 0.15) is 9.88 Å². The van der Waals surface area contributed by atoms with E-state index >= 15 is 0 Å². The average molecular weight is 241 g/mol. The maximum Gasteiger partial charge on any atom is 0.222 e. The number of hydrogen-bond acceptors (Lipinski definition) is 5. The first kappa shape index (κ1) is 10.3. The number of anilines is 1. The van der Waals surface area contributed by atoms with Gasteiger partial charge in [-0.2, -0.15) is 0 Å². The van der Waals surface area contributed by atoms with Gasteiger partial charge in [0.15, 0.2) is 0 Å². The highest BCUT2D eigenvalue weighted by atomic mass is 35.5. The summed E-state index contributed by atoms with van der Waals surface area (Å²) < 4.78 is 0. The van der Waals surface area contributed by atoms with E-state index in [0.29, 0.717) is 17.5 Å². The van der Waals surface area contributed by atoms with Crippen molar-refractivity contribution in [2.45, 2.75) is 13.5 Å². The first-order chi connectivity index (χ1) is 7.24. The Morgan fingerprint density at radius 1 is 1.27 bits per heavy atom. The van der Waals surface area contributed by atoms with Crippen molar-refractivity contribution in [1.29, 1.82) is 0 Å². The van der Waals surface area contributed by atoms with E-state index in [0.717, 1.165) is 9.88 Å². The van der Waals surface area contributed by atoms with Crippen molar-refractivity contribution >= 4 is 28.9 Å². The Labute approximate surface area is 96.4 Å². The van der Waals surface area contributed by atoms with Crippen LogP contribution in [0.3, 0.4) is 0 Å². The third kappa shape index (κ3) is 2.87. The first-order valence-corrected chi connectivity index (χ1v) is 5.56. The van der Waals surface area contributed by atoms with Crippen LogP contribution in [-0.4, -0.2) is 15.0 Å². The van der Waals surface area contributed by atoms with E-state index in [9.17, 15) is 0 Å². The second-order valence-corrected chi connectivity index (χ2v) is 4.68. The molecule has 0 aliphatic heterocycles. The molecule has 0 atom stereocenters. The summed E-state index contributed by atoms with van der Waals surface area (Å²) in [5.74, 6) is 0.574. The SMILES string of the molecule is Cc1ncc(CNc2ncc(Cl)cn2)s1. The number of nitrogens with one attached hydrogen (secondary N) is 1. The third-order valence-electron chi connectivity index (χ3n) is 1.71. The second-order valence-electron chi connectivity index (χ2n) is 2.92. The molecule has 0 fully saturated rings. The molecule has 6 heteroatoms. The van der Waals surface area contributed by atoms with Gasteiger partial charge in [-0.3, -0.25) is 0 Å². The van der Waals surface area contributed by atoms with Crippen LogP contribution in [0, 0.1) is 6.92 Å². The minimum absolute atomic E-state index is 0.536. The molecule has 0 amide bonds.